The van der Waals surface area contributed by atoms with Gasteiger partial charge in [-0.05, 0) is 11.6 Å². The molecule has 0 aliphatic heterocycles. The van der Waals surface area contributed by atoms with Gasteiger partial charge >= 0.3 is 0 Å². The van der Waals surface area contributed by atoms with Gasteiger partial charge in [-0.1, -0.05) is 6.92 Å². The third-order valence-corrected chi connectivity index (χ3v) is 3.32. The average molecular weight is 182 g/mol. The van der Waals surface area contributed by atoms with Gasteiger partial charge in [-0.3, -0.25) is 4.79 Å². The number of aliphatic hydroxyl groups excluding tert-OH is 1. The van der Waals surface area contributed by atoms with Crippen molar-refractivity contribution < 1.29 is 14.6 Å². The van der Waals surface area contributed by atoms with Crippen LogP contribution in [0, 0.1) is 5.41 Å². The Bertz CT molecular complexity index is 282. The van der Waals surface area contributed by atoms with Gasteiger partial charge in [0, 0.05) is 25.4 Å². The quantitative estimate of drug-likeness (QED) is 0.648. The minimum Gasteiger partial charge on any atom is -0.392 e. The molecule has 0 heterocycles. The van der Waals surface area contributed by atoms with Crippen molar-refractivity contribution in [3.05, 3.63) is 11.6 Å². The molecular weight excluding hydrogens is 168 g/mol. The van der Waals surface area contributed by atoms with E-state index >= 15 is 0 Å². The van der Waals surface area contributed by atoms with Crippen LogP contribution in [0.25, 0.3) is 0 Å². The Labute approximate surface area is 77.4 Å². The lowest BCUT2D eigenvalue weighted by Gasteiger charge is -2.24. The fraction of sp³-hybridized carbons (Fsp3) is 0.700. The molecule has 1 fully saturated rings. The summed E-state index contributed by atoms with van der Waals surface area (Å²) in [4.78, 5) is 11.2. The molecule has 0 aromatic carbocycles. The number of fused-ring (bicyclic) bond motifs is 1. The van der Waals surface area contributed by atoms with Crippen LogP contribution in [0.2, 0.25) is 0 Å². The first-order valence-electron chi connectivity index (χ1n) is 4.53. The Morgan fingerprint density at radius 1 is 1.69 bits per heavy atom. The van der Waals surface area contributed by atoms with Gasteiger partial charge in [0.05, 0.1) is 12.2 Å². The number of ketones is 1. The second-order valence-electron chi connectivity index (χ2n) is 4.14. The first-order chi connectivity index (χ1) is 6.08. The topological polar surface area (TPSA) is 46.5 Å². The van der Waals surface area contributed by atoms with Crippen LogP contribution in [0.5, 0.6) is 0 Å². The van der Waals surface area contributed by atoms with Gasteiger partial charge in [0.1, 0.15) is 0 Å². The lowest BCUT2D eigenvalue weighted by molar-refractivity contribution is -0.116. The molecule has 13 heavy (non-hydrogen) atoms. The highest BCUT2D eigenvalue weighted by atomic mass is 16.5. The number of rotatable bonds is 1. The summed E-state index contributed by atoms with van der Waals surface area (Å²) < 4.78 is 5.23. The van der Waals surface area contributed by atoms with E-state index in [1.807, 2.05) is 6.92 Å². The first-order valence-corrected chi connectivity index (χ1v) is 4.53. The minimum atomic E-state index is -0.435. The van der Waals surface area contributed by atoms with Gasteiger partial charge in [-0.25, -0.2) is 0 Å². The second-order valence-corrected chi connectivity index (χ2v) is 4.14. The molecule has 3 nitrogen and oxygen atoms in total. The number of carbonyl (C=O) groups excluding carboxylic acids is 1. The van der Waals surface area contributed by atoms with Crippen molar-refractivity contribution in [2.45, 2.75) is 32.0 Å². The van der Waals surface area contributed by atoms with Crippen molar-refractivity contribution in [2.75, 3.05) is 7.11 Å². The van der Waals surface area contributed by atoms with Crippen LogP contribution in [0.15, 0.2) is 11.6 Å². The van der Waals surface area contributed by atoms with Gasteiger partial charge < -0.3 is 9.84 Å². The van der Waals surface area contributed by atoms with E-state index in [9.17, 15) is 9.90 Å². The molecule has 0 unspecified atom stereocenters. The third kappa shape index (κ3) is 1.07. The first kappa shape index (κ1) is 8.91. The van der Waals surface area contributed by atoms with Crippen LogP contribution in [0.3, 0.4) is 0 Å². The van der Waals surface area contributed by atoms with E-state index in [1.165, 1.54) is 0 Å². The third-order valence-electron chi connectivity index (χ3n) is 3.32. The number of aliphatic hydroxyl groups is 1. The van der Waals surface area contributed by atoms with Crippen LogP contribution in [-0.4, -0.2) is 30.2 Å². The standard InChI is InChI=1S/C10H14O3/c1-10-5-6(11)3-7(10)8(13-2)4-9(10)12/h3,8-9,12H,4-5H2,1-2H3/t8-,9-,10-/m0/s1. The number of carbonyl (C=O) groups is 1. The normalized spacial score (nSPS) is 43.6. The Hall–Kier alpha value is -0.670. The van der Waals surface area contributed by atoms with Gasteiger partial charge in [0.25, 0.3) is 0 Å². The molecule has 0 aromatic rings. The van der Waals surface area contributed by atoms with E-state index in [0.717, 1.165) is 5.57 Å². The Kier molecular flexibility index (Phi) is 1.82. The molecule has 0 radical (unpaired) electrons. The Morgan fingerprint density at radius 3 is 3.00 bits per heavy atom. The van der Waals surface area contributed by atoms with E-state index < -0.39 is 6.10 Å². The fourth-order valence-electron chi connectivity index (χ4n) is 2.44. The minimum absolute atomic E-state index is 0.0635. The highest BCUT2D eigenvalue weighted by Gasteiger charge is 2.51. The number of methoxy groups -OCH3 is 1. The van der Waals surface area contributed by atoms with Crippen LogP contribution in [0.4, 0.5) is 0 Å². The molecule has 3 atom stereocenters. The molecule has 3 heteroatoms. The smallest absolute Gasteiger partial charge is 0.156 e. The number of hydrogen-bond acceptors (Lipinski definition) is 3. The molecule has 0 amide bonds. The van der Waals surface area contributed by atoms with E-state index in [1.54, 1.807) is 13.2 Å². The van der Waals surface area contributed by atoms with E-state index in [2.05, 4.69) is 0 Å². The molecular formula is C10H14O3. The fourth-order valence-corrected chi connectivity index (χ4v) is 2.44. The lowest BCUT2D eigenvalue weighted by Crippen LogP contribution is -2.26. The Morgan fingerprint density at radius 2 is 2.38 bits per heavy atom. The summed E-state index contributed by atoms with van der Waals surface area (Å²) in [7, 11) is 1.62. The maximum atomic E-state index is 11.2. The molecule has 2 aliphatic carbocycles. The maximum absolute atomic E-state index is 11.2. The van der Waals surface area contributed by atoms with Crippen LogP contribution >= 0.6 is 0 Å². The van der Waals surface area contributed by atoms with E-state index in [0.29, 0.717) is 12.8 Å². The highest BCUT2D eigenvalue weighted by molar-refractivity contribution is 5.95. The summed E-state index contributed by atoms with van der Waals surface area (Å²) in [6.07, 6.45) is 2.20. The van der Waals surface area contributed by atoms with Crippen molar-refractivity contribution in [3.8, 4) is 0 Å². The average Bonchev–Trinajstić information content (AvgIpc) is 2.47. The monoisotopic (exact) mass is 182 g/mol. The van der Waals surface area contributed by atoms with Gasteiger partial charge in [0.15, 0.2) is 5.78 Å². The summed E-state index contributed by atoms with van der Waals surface area (Å²) in [6.45, 7) is 1.94. The molecule has 0 saturated heterocycles. The van der Waals surface area contributed by atoms with Gasteiger partial charge in [-0.15, -0.1) is 0 Å². The zero-order valence-electron chi connectivity index (χ0n) is 7.91. The predicted molar refractivity (Wildman–Crippen MR) is 47.2 cm³/mol. The van der Waals surface area contributed by atoms with Crippen molar-refractivity contribution in [3.63, 3.8) is 0 Å². The lowest BCUT2D eigenvalue weighted by atomic mass is 9.83. The van der Waals surface area contributed by atoms with Crippen molar-refractivity contribution >= 4 is 5.78 Å². The summed E-state index contributed by atoms with van der Waals surface area (Å²) in [6, 6.07) is 0. The summed E-state index contributed by atoms with van der Waals surface area (Å²) in [5.41, 5.74) is 0.630. The van der Waals surface area contributed by atoms with Crippen molar-refractivity contribution in [1.82, 2.24) is 0 Å². The maximum Gasteiger partial charge on any atom is 0.156 e. The zero-order chi connectivity index (χ0) is 9.64. The molecule has 1 saturated carbocycles. The largest absolute Gasteiger partial charge is 0.392 e. The van der Waals surface area contributed by atoms with Crippen LogP contribution in [-0.2, 0) is 9.53 Å². The molecule has 0 bridgehead atoms. The van der Waals surface area contributed by atoms with Gasteiger partial charge in [0.2, 0.25) is 0 Å². The Balaban J connectivity index is 2.37. The van der Waals surface area contributed by atoms with Crippen LogP contribution < -0.4 is 0 Å². The highest BCUT2D eigenvalue weighted by Crippen LogP contribution is 2.50. The predicted octanol–water partition coefficient (Wildman–Crippen LogP) is 0.671. The molecule has 2 rings (SSSR count). The van der Waals surface area contributed by atoms with Crippen LogP contribution in [0.1, 0.15) is 19.8 Å². The number of hydrogen-bond donors (Lipinski definition) is 1. The summed E-state index contributed by atoms with van der Waals surface area (Å²) >= 11 is 0. The zero-order valence-corrected chi connectivity index (χ0v) is 7.91. The van der Waals surface area contributed by atoms with Crippen molar-refractivity contribution in [2.24, 2.45) is 5.41 Å². The molecule has 2 aliphatic rings. The second kappa shape index (κ2) is 2.66. The molecule has 1 N–H and O–H groups in total. The number of allylic oxidation sites excluding steroid dienone is 1. The summed E-state index contributed by atoms with van der Waals surface area (Å²) in [5, 5.41) is 9.80. The van der Waals surface area contributed by atoms with Gasteiger partial charge in [-0.2, -0.15) is 0 Å². The SMILES string of the molecule is CO[C@H]1C[C@H](O)[C@@]2(C)CC(=O)C=C12. The summed E-state index contributed by atoms with van der Waals surface area (Å²) in [5.74, 6) is 0.110. The van der Waals surface area contributed by atoms with E-state index in [-0.39, 0.29) is 17.3 Å². The van der Waals surface area contributed by atoms with E-state index in [4.69, 9.17) is 4.74 Å². The molecule has 0 spiro atoms. The molecule has 0 aromatic heterocycles. The molecule has 72 valence electrons. The van der Waals surface area contributed by atoms with Crippen molar-refractivity contribution in [1.29, 1.82) is 0 Å². The number of ether oxygens (including phenoxy) is 1.